The van der Waals surface area contributed by atoms with Crippen LogP contribution >= 0.6 is 0 Å². The monoisotopic (exact) mass is 299 g/mol. The van der Waals surface area contributed by atoms with E-state index in [0.29, 0.717) is 22.8 Å². The molecular weight excluding hydrogens is 282 g/mol. The van der Waals surface area contributed by atoms with Crippen LogP contribution in [0.4, 0.5) is 0 Å². The van der Waals surface area contributed by atoms with E-state index in [9.17, 15) is 9.59 Å². The average molecular weight is 299 g/mol. The molecule has 1 aromatic heterocycles. The Morgan fingerprint density at radius 2 is 1.86 bits per heavy atom. The summed E-state index contributed by atoms with van der Waals surface area (Å²) in [6.45, 7) is 5.25. The molecule has 0 atom stereocenters. The summed E-state index contributed by atoms with van der Waals surface area (Å²) in [7, 11) is 0. The molecule has 5 nitrogen and oxygen atoms in total. The number of esters is 1. The maximum absolute atomic E-state index is 12.0. The molecule has 1 heterocycles. The molecule has 5 heteroatoms. The van der Waals surface area contributed by atoms with Crippen molar-refractivity contribution in [2.75, 3.05) is 0 Å². The van der Waals surface area contributed by atoms with Crippen LogP contribution < -0.4 is 9.47 Å². The summed E-state index contributed by atoms with van der Waals surface area (Å²) in [5, 5.41) is 0. The largest absolute Gasteiger partial charge is 0.475 e. The predicted molar refractivity (Wildman–Crippen MR) is 81.4 cm³/mol. The number of ether oxygens (including phenoxy) is 2. The molecule has 0 amide bonds. The Balaban J connectivity index is 2.08. The normalized spacial score (nSPS) is 10.4. The van der Waals surface area contributed by atoms with E-state index in [4.69, 9.17) is 9.47 Å². The van der Waals surface area contributed by atoms with Crippen molar-refractivity contribution in [1.29, 1.82) is 0 Å². The van der Waals surface area contributed by atoms with Gasteiger partial charge in [0.15, 0.2) is 5.78 Å². The van der Waals surface area contributed by atoms with Gasteiger partial charge < -0.3 is 9.47 Å². The summed E-state index contributed by atoms with van der Waals surface area (Å²) in [5.74, 6) is 0.143. The molecule has 2 rings (SSSR count). The number of nitrogens with zero attached hydrogens (tertiary/aromatic N) is 1. The summed E-state index contributed by atoms with van der Waals surface area (Å²) in [6, 6.07) is 9.68. The van der Waals surface area contributed by atoms with Gasteiger partial charge in [0.25, 0.3) is 0 Å². The summed E-state index contributed by atoms with van der Waals surface area (Å²) in [5.41, 5.74) is 0.799. The minimum atomic E-state index is -0.538. The van der Waals surface area contributed by atoms with Gasteiger partial charge in [-0.05, 0) is 39.0 Å². The van der Waals surface area contributed by atoms with Crippen LogP contribution in [0.25, 0.3) is 0 Å². The van der Waals surface area contributed by atoms with E-state index in [1.807, 2.05) is 13.8 Å². The Kier molecular flexibility index (Phi) is 4.88. The molecule has 0 saturated carbocycles. The van der Waals surface area contributed by atoms with Crippen LogP contribution in [0.3, 0.4) is 0 Å². The summed E-state index contributed by atoms with van der Waals surface area (Å²) < 4.78 is 10.6. The number of Topliss-reactive ketones (excluding diaryl/α,β-unsaturated/α-hetero) is 1. The molecule has 0 radical (unpaired) electrons. The van der Waals surface area contributed by atoms with Crippen molar-refractivity contribution in [1.82, 2.24) is 4.98 Å². The van der Waals surface area contributed by atoms with Crippen LogP contribution in [-0.2, 0) is 0 Å². The molecular formula is C17H17NO4. The Morgan fingerprint density at radius 1 is 1.09 bits per heavy atom. The Bertz CT molecular complexity index is 677. The highest BCUT2D eigenvalue weighted by atomic mass is 16.5. The zero-order valence-corrected chi connectivity index (χ0v) is 12.7. The number of hydrogen-bond donors (Lipinski definition) is 0. The van der Waals surface area contributed by atoms with Gasteiger partial charge in [0.1, 0.15) is 5.75 Å². The zero-order chi connectivity index (χ0) is 16.1. The van der Waals surface area contributed by atoms with E-state index in [1.54, 1.807) is 30.3 Å². The third-order valence-corrected chi connectivity index (χ3v) is 2.78. The first kappa shape index (κ1) is 15.7. The number of hydrogen-bond acceptors (Lipinski definition) is 5. The molecule has 2 aromatic rings. The molecule has 1 aromatic carbocycles. The summed E-state index contributed by atoms with van der Waals surface area (Å²) in [6.07, 6.45) is 1.41. The molecule has 114 valence electrons. The van der Waals surface area contributed by atoms with E-state index in [0.717, 1.165) is 0 Å². The highest BCUT2D eigenvalue weighted by molar-refractivity contribution is 5.95. The lowest BCUT2D eigenvalue weighted by molar-refractivity contribution is 0.0733. The second kappa shape index (κ2) is 6.85. The van der Waals surface area contributed by atoms with Crippen molar-refractivity contribution in [3.8, 4) is 11.6 Å². The number of aromatic nitrogens is 1. The number of carbonyl (C=O) groups is 2. The van der Waals surface area contributed by atoms with E-state index >= 15 is 0 Å². The van der Waals surface area contributed by atoms with E-state index in [2.05, 4.69) is 4.98 Å². The highest BCUT2D eigenvalue weighted by Crippen LogP contribution is 2.16. The minimum Gasteiger partial charge on any atom is -0.475 e. The van der Waals surface area contributed by atoms with Gasteiger partial charge in [-0.15, -0.1) is 0 Å². The van der Waals surface area contributed by atoms with Crippen molar-refractivity contribution in [3.05, 3.63) is 53.7 Å². The first-order valence-corrected chi connectivity index (χ1v) is 6.91. The smallest absolute Gasteiger partial charge is 0.345 e. The van der Waals surface area contributed by atoms with Gasteiger partial charge in [0.05, 0.1) is 11.7 Å². The second-order valence-electron chi connectivity index (χ2n) is 5.03. The number of rotatable bonds is 5. The molecule has 0 fully saturated rings. The molecule has 0 aliphatic rings. The van der Waals surface area contributed by atoms with Gasteiger partial charge in [-0.2, -0.15) is 0 Å². The van der Waals surface area contributed by atoms with Crippen molar-refractivity contribution in [3.63, 3.8) is 0 Å². The fourth-order valence-corrected chi connectivity index (χ4v) is 1.76. The quantitative estimate of drug-likeness (QED) is 0.481. The predicted octanol–water partition coefficient (Wildman–Crippen LogP) is 3.29. The van der Waals surface area contributed by atoms with Crippen molar-refractivity contribution in [2.45, 2.75) is 26.9 Å². The van der Waals surface area contributed by atoms with E-state index < -0.39 is 5.97 Å². The van der Waals surface area contributed by atoms with Crippen molar-refractivity contribution >= 4 is 11.8 Å². The SMILES string of the molecule is CC(=O)c1cccc(OC(=O)c2ccc(OC(C)C)nc2)c1. The van der Waals surface area contributed by atoms with Gasteiger partial charge in [-0.1, -0.05) is 12.1 Å². The third-order valence-electron chi connectivity index (χ3n) is 2.78. The van der Waals surface area contributed by atoms with Gasteiger partial charge in [-0.3, -0.25) is 4.79 Å². The van der Waals surface area contributed by atoms with Crippen LogP contribution in [0.1, 0.15) is 41.5 Å². The molecule has 22 heavy (non-hydrogen) atoms. The Labute approximate surface area is 128 Å². The number of benzene rings is 1. The van der Waals surface area contributed by atoms with Gasteiger partial charge in [0, 0.05) is 17.8 Å². The lowest BCUT2D eigenvalue weighted by atomic mass is 10.1. The first-order chi connectivity index (χ1) is 10.5. The molecule has 0 N–H and O–H groups in total. The maximum atomic E-state index is 12.0. The number of pyridine rings is 1. The zero-order valence-electron chi connectivity index (χ0n) is 12.7. The molecule has 0 bridgehead atoms. The fourth-order valence-electron chi connectivity index (χ4n) is 1.76. The van der Waals surface area contributed by atoms with Crippen LogP contribution in [0, 0.1) is 0 Å². The molecule has 0 aliphatic carbocycles. The second-order valence-corrected chi connectivity index (χ2v) is 5.03. The lowest BCUT2D eigenvalue weighted by Gasteiger charge is -2.09. The minimum absolute atomic E-state index is 0.0135. The van der Waals surface area contributed by atoms with Gasteiger partial charge in [-0.25, -0.2) is 9.78 Å². The van der Waals surface area contributed by atoms with Crippen molar-refractivity contribution < 1.29 is 19.1 Å². The Hall–Kier alpha value is -2.69. The number of carbonyl (C=O) groups excluding carboxylic acids is 2. The van der Waals surface area contributed by atoms with E-state index in [1.165, 1.54) is 19.2 Å². The first-order valence-electron chi connectivity index (χ1n) is 6.91. The highest BCUT2D eigenvalue weighted by Gasteiger charge is 2.11. The molecule has 0 saturated heterocycles. The Morgan fingerprint density at radius 3 is 2.45 bits per heavy atom. The van der Waals surface area contributed by atoms with Crippen molar-refractivity contribution in [2.24, 2.45) is 0 Å². The topological polar surface area (TPSA) is 65.5 Å². The van der Waals surface area contributed by atoms with Crippen LogP contribution in [0.5, 0.6) is 11.6 Å². The van der Waals surface area contributed by atoms with Crippen LogP contribution in [0.15, 0.2) is 42.6 Å². The van der Waals surface area contributed by atoms with E-state index in [-0.39, 0.29) is 11.9 Å². The molecule has 0 aliphatic heterocycles. The lowest BCUT2D eigenvalue weighted by Crippen LogP contribution is -2.11. The average Bonchev–Trinajstić information content (AvgIpc) is 2.47. The van der Waals surface area contributed by atoms with Crippen LogP contribution in [-0.4, -0.2) is 22.8 Å². The van der Waals surface area contributed by atoms with Crippen LogP contribution in [0.2, 0.25) is 0 Å². The summed E-state index contributed by atoms with van der Waals surface area (Å²) >= 11 is 0. The molecule has 0 unspecified atom stereocenters. The molecule has 0 spiro atoms. The van der Waals surface area contributed by atoms with Gasteiger partial charge >= 0.3 is 5.97 Å². The van der Waals surface area contributed by atoms with Gasteiger partial charge in [0.2, 0.25) is 5.88 Å². The third kappa shape index (κ3) is 4.15. The number of ketones is 1. The fraction of sp³-hybridized carbons (Fsp3) is 0.235. The maximum Gasteiger partial charge on any atom is 0.345 e. The standard InChI is InChI=1S/C17H17NO4/c1-11(2)21-16-8-7-14(10-18-16)17(20)22-15-6-4-5-13(9-15)12(3)19/h4-11H,1-3H3. The summed E-state index contributed by atoms with van der Waals surface area (Å²) in [4.78, 5) is 27.4.